The lowest BCUT2D eigenvalue weighted by Crippen LogP contribution is -2.30. The average Bonchev–Trinajstić information content (AvgIpc) is 2.55. The molecular formula is C17H17BrFNO3. The zero-order valence-electron chi connectivity index (χ0n) is 12.8. The van der Waals surface area contributed by atoms with Gasteiger partial charge in [0, 0.05) is 23.1 Å². The summed E-state index contributed by atoms with van der Waals surface area (Å²) in [7, 11) is 1.48. The van der Waals surface area contributed by atoms with Crippen molar-refractivity contribution < 1.29 is 19.0 Å². The molecule has 122 valence electrons. The molecule has 0 atom stereocenters. The third-order valence-electron chi connectivity index (χ3n) is 3.47. The van der Waals surface area contributed by atoms with Gasteiger partial charge in [0.25, 0.3) is 5.91 Å². The summed E-state index contributed by atoms with van der Waals surface area (Å²) in [4.78, 5) is 14.1. The molecule has 1 amide bonds. The van der Waals surface area contributed by atoms with Crippen LogP contribution in [0.25, 0.3) is 0 Å². The summed E-state index contributed by atoms with van der Waals surface area (Å²) >= 11 is 3.29. The molecule has 23 heavy (non-hydrogen) atoms. The van der Waals surface area contributed by atoms with Gasteiger partial charge < -0.3 is 14.7 Å². The van der Waals surface area contributed by atoms with E-state index in [2.05, 4.69) is 15.9 Å². The minimum absolute atomic E-state index is 0.108. The first-order valence-electron chi connectivity index (χ1n) is 7.06. The molecule has 0 unspecified atom stereocenters. The second-order valence-electron chi connectivity index (χ2n) is 4.94. The van der Waals surface area contributed by atoms with E-state index in [1.165, 1.54) is 30.2 Å². The van der Waals surface area contributed by atoms with Crippen molar-refractivity contribution in [2.75, 3.05) is 13.7 Å². The highest BCUT2D eigenvalue weighted by atomic mass is 79.9. The lowest BCUT2D eigenvalue weighted by atomic mass is 10.1. The van der Waals surface area contributed by atoms with Crippen molar-refractivity contribution >= 4 is 21.8 Å². The number of ether oxygens (including phenoxy) is 1. The Morgan fingerprint density at radius 1 is 1.30 bits per heavy atom. The summed E-state index contributed by atoms with van der Waals surface area (Å²) in [6, 6.07) is 9.02. The van der Waals surface area contributed by atoms with Gasteiger partial charge >= 0.3 is 0 Å². The van der Waals surface area contributed by atoms with Crippen LogP contribution in [0.5, 0.6) is 11.5 Å². The van der Waals surface area contributed by atoms with E-state index >= 15 is 0 Å². The van der Waals surface area contributed by atoms with Crippen LogP contribution in [-0.4, -0.2) is 29.6 Å². The molecule has 0 bridgehead atoms. The first-order chi connectivity index (χ1) is 11.0. The number of aromatic hydroxyl groups is 1. The van der Waals surface area contributed by atoms with Gasteiger partial charge in [-0.05, 0) is 43.3 Å². The van der Waals surface area contributed by atoms with E-state index in [0.717, 1.165) is 4.47 Å². The maximum Gasteiger partial charge on any atom is 0.258 e. The van der Waals surface area contributed by atoms with Crippen LogP contribution < -0.4 is 4.74 Å². The van der Waals surface area contributed by atoms with Gasteiger partial charge in [0.05, 0.1) is 12.7 Å². The number of phenolic OH excluding ortho intramolecular Hbond substituents is 1. The summed E-state index contributed by atoms with van der Waals surface area (Å²) in [5, 5.41) is 9.93. The first-order valence-corrected chi connectivity index (χ1v) is 7.85. The van der Waals surface area contributed by atoms with Crippen LogP contribution in [0.1, 0.15) is 22.8 Å². The van der Waals surface area contributed by atoms with Crippen molar-refractivity contribution in [2.45, 2.75) is 13.5 Å². The third-order valence-corrected chi connectivity index (χ3v) is 3.97. The fraction of sp³-hybridized carbons (Fsp3) is 0.235. The Labute approximate surface area is 142 Å². The molecule has 0 saturated carbocycles. The predicted molar refractivity (Wildman–Crippen MR) is 89.2 cm³/mol. The maximum absolute atomic E-state index is 13.9. The molecule has 2 aromatic carbocycles. The molecule has 0 aliphatic heterocycles. The number of rotatable bonds is 5. The van der Waals surface area contributed by atoms with Gasteiger partial charge in [-0.15, -0.1) is 0 Å². The Balaban J connectivity index is 2.30. The van der Waals surface area contributed by atoms with Crippen molar-refractivity contribution in [3.05, 3.63) is 57.8 Å². The lowest BCUT2D eigenvalue weighted by molar-refractivity contribution is 0.0747. The Bertz CT molecular complexity index is 721. The largest absolute Gasteiger partial charge is 0.507 e. The topological polar surface area (TPSA) is 49.8 Å². The van der Waals surface area contributed by atoms with Gasteiger partial charge in [0.15, 0.2) is 0 Å². The van der Waals surface area contributed by atoms with Crippen LogP contribution in [0.4, 0.5) is 4.39 Å². The van der Waals surface area contributed by atoms with Crippen LogP contribution in [0.2, 0.25) is 0 Å². The van der Waals surface area contributed by atoms with Crippen molar-refractivity contribution in [1.82, 2.24) is 4.90 Å². The first kappa shape index (κ1) is 17.3. The number of hydrogen-bond donors (Lipinski definition) is 1. The normalized spacial score (nSPS) is 10.4. The third kappa shape index (κ3) is 4.01. The number of carbonyl (C=O) groups excluding carboxylic acids is 1. The highest BCUT2D eigenvalue weighted by Gasteiger charge is 2.20. The zero-order chi connectivity index (χ0) is 17.0. The molecule has 1 N–H and O–H groups in total. The number of nitrogens with zero attached hydrogens (tertiary/aromatic N) is 1. The van der Waals surface area contributed by atoms with Gasteiger partial charge in [0.1, 0.15) is 17.3 Å². The molecule has 0 aliphatic rings. The second kappa shape index (κ2) is 7.46. The lowest BCUT2D eigenvalue weighted by Gasteiger charge is -2.22. The van der Waals surface area contributed by atoms with Crippen LogP contribution in [0.15, 0.2) is 40.9 Å². The number of carbonyl (C=O) groups is 1. The van der Waals surface area contributed by atoms with Gasteiger partial charge in [-0.3, -0.25) is 4.79 Å². The molecule has 0 radical (unpaired) electrons. The van der Waals surface area contributed by atoms with Crippen molar-refractivity contribution in [2.24, 2.45) is 0 Å². The molecule has 0 heterocycles. The Kier molecular flexibility index (Phi) is 5.60. The van der Waals surface area contributed by atoms with Crippen LogP contribution in [-0.2, 0) is 6.54 Å². The van der Waals surface area contributed by atoms with E-state index in [4.69, 9.17) is 4.74 Å². The SMILES string of the molecule is CCN(Cc1cc(Br)ccc1F)C(=O)c1cc(OC)ccc1O. The quantitative estimate of drug-likeness (QED) is 0.852. The van der Waals surface area contributed by atoms with E-state index in [0.29, 0.717) is 17.9 Å². The Hall–Kier alpha value is -2.08. The summed E-state index contributed by atoms with van der Waals surface area (Å²) in [5.74, 6) is -0.433. The summed E-state index contributed by atoms with van der Waals surface area (Å²) < 4.78 is 19.7. The Morgan fingerprint density at radius 2 is 2.04 bits per heavy atom. The predicted octanol–water partition coefficient (Wildman–Crippen LogP) is 3.96. The van der Waals surface area contributed by atoms with Gasteiger partial charge in [0.2, 0.25) is 0 Å². The maximum atomic E-state index is 13.9. The number of amides is 1. The highest BCUT2D eigenvalue weighted by Crippen LogP contribution is 2.25. The Morgan fingerprint density at radius 3 is 2.70 bits per heavy atom. The number of benzene rings is 2. The van der Waals surface area contributed by atoms with E-state index in [1.807, 2.05) is 0 Å². The van der Waals surface area contributed by atoms with Gasteiger partial charge in [-0.1, -0.05) is 15.9 Å². The number of methoxy groups -OCH3 is 1. The summed E-state index contributed by atoms with van der Waals surface area (Å²) in [5.41, 5.74) is 0.526. The average molecular weight is 382 g/mol. The zero-order valence-corrected chi connectivity index (χ0v) is 14.4. The van der Waals surface area contributed by atoms with E-state index in [1.54, 1.807) is 25.1 Å². The summed E-state index contributed by atoms with van der Waals surface area (Å²) in [6.45, 7) is 2.28. The van der Waals surface area contributed by atoms with Crippen molar-refractivity contribution in [1.29, 1.82) is 0 Å². The fourth-order valence-corrected chi connectivity index (χ4v) is 2.59. The van der Waals surface area contributed by atoms with E-state index in [-0.39, 0.29) is 29.6 Å². The highest BCUT2D eigenvalue weighted by molar-refractivity contribution is 9.10. The molecule has 6 heteroatoms. The molecule has 0 saturated heterocycles. The molecule has 0 spiro atoms. The van der Waals surface area contributed by atoms with Crippen LogP contribution >= 0.6 is 15.9 Å². The monoisotopic (exact) mass is 381 g/mol. The number of hydrogen-bond acceptors (Lipinski definition) is 3. The molecule has 0 aromatic heterocycles. The van der Waals surface area contributed by atoms with Crippen molar-refractivity contribution in [3.63, 3.8) is 0 Å². The molecule has 0 fully saturated rings. The molecular weight excluding hydrogens is 365 g/mol. The fourth-order valence-electron chi connectivity index (χ4n) is 2.18. The number of phenols is 1. The van der Waals surface area contributed by atoms with Gasteiger partial charge in [-0.2, -0.15) is 0 Å². The van der Waals surface area contributed by atoms with Gasteiger partial charge in [-0.25, -0.2) is 4.39 Å². The second-order valence-corrected chi connectivity index (χ2v) is 5.85. The minimum Gasteiger partial charge on any atom is -0.507 e. The number of halogens is 2. The van der Waals surface area contributed by atoms with Crippen LogP contribution in [0, 0.1) is 5.82 Å². The molecule has 2 aromatic rings. The minimum atomic E-state index is -0.386. The molecule has 2 rings (SSSR count). The van der Waals surface area contributed by atoms with E-state index < -0.39 is 0 Å². The molecule has 4 nitrogen and oxygen atoms in total. The van der Waals surface area contributed by atoms with Crippen molar-refractivity contribution in [3.8, 4) is 11.5 Å². The standard InChI is InChI=1S/C17H17BrFNO3/c1-3-20(10-11-8-12(18)4-6-15(11)19)17(22)14-9-13(23-2)5-7-16(14)21/h4-9,21H,3,10H2,1-2H3. The molecule has 0 aliphatic carbocycles. The smallest absolute Gasteiger partial charge is 0.258 e. The summed E-state index contributed by atoms with van der Waals surface area (Å²) in [6.07, 6.45) is 0. The van der Waals surface area contributed by atoms with Crippen LogP contribution in [0.3, 0.4) is 0 Å². The van der Waals surface area contributed by atoms with E-state index in [9.17, 15) is 14.3 Å².